The Kier molecular flexibility index (Phi) is 13.4. The van der Waals surface area contributed by atoms with Crippen LogP contribution in [0, 0.1) is 0 Å². The molecule has 0 atom stereocenters. The normalized spacial score (nSPS) is 4.17. The van der Waals surface area contributed by atoms with Crippen molar-refractivity contribution < 1.29 is 16.5 Å². The molecule has 0 fully saturated rings. The number of azide groups is 1. The van der Waals surface area contributed by atoms with E-state index < -0.39 is 0 Å². The molecule has 0 rings (SSSR count). The fourth-order valence-electron chi connectivity index (χ4n) is 0.0258. The smallest absolute Gasteiger partial charge is 0 e. The third-order valence-electron chi connectivity index (χ3n) is 0.102. The van der Waals surface area contributed by atoms with Crippen LogP contribution in [0.4, 0.5) is 0 Å². The molecule has 0 saturated heterocycles. The quantitative estimate of drug-likeness (QED) is 0.128. The Morgan fingerprint density at radius 2 is 2.33 bits per heavy atom. The molecule has 0 aliphatic heterocycles. The first-order valence-electron chi connectivity index (χ1n) is 0.912. The van der Waals surface area contributed by atoms with Crippen LogP contribution in [0.15, 0.2) is 5.22 Å². The van der Waals surface area contributed by atoms with E-state index in [0.717, 1.165) is 0 Å². The zero-order valence-electron chi connectivity index (χ0n) is 2.74. The number of rotatable bonds is 1. The van der Waals surface area contributed by atoms with Crippen LogP contribution >= 0.6 is 0 Å². The average Bonchev–Trinajstić information content (AvgIpc) is 1.41. The molecule has 0 radical (unpaired) electrons. The Hall–Kier alpha value is -0.436. The van der Waals surface area contributed by atoms with E-state index in [1.54, 1.807) is 5.53 Å². The molecule has 38 valence electrons. The van der Waals surface area contributed by atoms with Crippen molar-refractivity contribution in [3.8, 4) is 0 Å². The summed E-state index contributed by atoms with van der Waals surface area (Å²) in [4.78, 5) is 2.24. The molecule has 6 heavy (non-hydrogen) atoms. The molecular weight excluding hydrogens is 129 g/mol. The van der Waals surface area contributed by atoms with Gasteiger partial charge in [-0.3, -0.25) is 0 Å². The minimum absolute atomic E-state index is 0. The molecule has 0 heterocycles. The molecule has 6 heteroatoms. The monoisotopic (exact) mass is 131 g/mol. The van der Waals surface area contributed by atoms with Crippen LogP contribution < -0.4 is 11.4 Å². The van der Waals surface area contributed by atoms with Crippen LogP contribution in [0.5, 0.6) is 0 Å². The fourth-order valence-corrected chi connectivity index (χ4v) is 0.0258. The zero-order chi connectivity index (χ0) is 4.12. The van der Waals surface area contributed by atoms with E-state index in [0.29, 0.717) is 0 Å². The second-order valence-corrected chi connectivity index (χ2v) is 0.319. The third-order valence-corrected chi connectivity index (χ3v) is 0.102. The van der Waals surface area contributed by atoms with E-state index in [4.69, 9.17) is 5.53 Å². The van der Waals surface area contributed by atoms with Crippen molar-refractivity contribution in [2.75, 3.05) is 0 Å². The fraction of sp³-hybridized carbons (Fsp3) is 0. The standard InChI is InChI=1S/H3N5.Ni/c1-3-5-4-2;/h3H,1H2;. The zero-order valence-corrected chi connectivity index (χ0v) is 3.72. The van der Waals surface area contributed by atoms with Crippen LogP contribution in [0.2, 0.25) is 0 Å². The Balaban J connectivity index is 0. The summed E-state index contributed by atoms with van der Waals surface area (Å²) in [5.41, 5.74) is 9.11. The molecule has 0 aliphatic carbocycles. The van der Waals surface area contributed by atoms with Gasteiger partial charge in [0.2, 0.25) is 0 Å². The largest absolute Gasteiger partial charge is 0.186 e. The summed E-state index contributed by atoms with van der Waals surface area (Å²) in [6.45, 7) is 0. The first-order chi connectivity index (χ1) is 2.41. The van der Waals surface area contributed by atoms with Gasteiger partial charge in [-0.2, -0.15) is 16.3 Å². The van der Waals surface area contributed by atoms with Gasteiger partial charge < -0.3 is 0 Å². The van der Waals surface area contributed by atoms with Gasteiger partial charge in [0.25, 0.3) is 0 Å². The summed E-state index contributed by atoms with van der Waals surface area (Å²) in [6, 6.07) is 0. The molecule has 0 aromatic heterocycles. The maximum Gasteiger partial charge on any atom is 0 e. The number of hydrogen-bond acceptors (Lipinski definition) is 2. The van der Waals surface area contributed by atoms with Gasteiger partial charge in [0.1, 0.15) is 0 Å². The second kappa shape index (κ2) is 8.82. The Morgan fingerprint density at radius 3 is 2.33 bits per heavy atom. The van der Waals surface area contributed by atoms with Crippen LogP contribution in [0.3, 0.4) is 0 Å². The van der Waals surface area contributed by atoms with Gasteiger partial charge in [-0.05, 0) is 5.22 Å². The Labute approximate surface area is 44.4 Å². The van der Waals surface area contributed by atoms with Crippen molar-refractivity contribution in [2.24, 2.45) is 11.1 Å². The van der Waals surface area contributed by atoms with E-state index in [2.05, 4.69) is 16.0 Å². The summed E-state index contributed by atoms with van der Waals surface area (Å²) in [5.74, 6) is 4.47. The van der Waals surface area contributed by atoms with Gasteiger partial charge >= 0.3 is 0 Å². The summed E-state index contributed by atoms with van der Waals surface area (Å²) < 4.78 is 0. The molecule has 5 nitrogen and oxygen atoms in total. The maximum atomic E-state index is 7.38. The number of hydrogen-bond donors (Lipinski definition) is 2. The molecule has 0 aromatic carbocycles. The molecule has 0 aliphatic rings. The Bertz CT molecular complexity index is 51.0. The van der Waals surface area contributed by atoms with Crippen LogP contribution in [0.25, 0.3) is 10.4 Å². The predicted octanol–water partition coefficient (Wildman–Crippen LogP) is -0.327. The Morgan fingerprint density at radius 1 is 1.83 bits per heavy atom. The van der Waals surface area contributed by atoms with E-state index in [1.165, 1.54) is 0 Å². The van der Waals surface area contributed by atoms with Gasteiger partial charge in [0.15, 0.2) is 0 Å². The molecule has 3 N–H and O–H groups in total. The summed E-state index contributed by atoms with van der Waals surface area (Å²) in [5, 5.41) is 2.68. The van der Waals surface area contributed by atoms with Crippen molar-refractivity contribution in [3.63, 3.8) is 0 Å². The SMILES string of the molecule is [N-]=[N+]=NNN.[Ni]. The molecule has 0 bridgehead atoms. The first kappa shape index (κ1) is 9.12. The molecule has 0 aromatic rings. The third kappa shape index (κ3) is 9.58. The number of nitrogens with zero attached hydrogens (tertiary/aromatic N) is 3. The van der Waals surface area contributed by atoms with Gasteiger partial charge in [-0.15, -0.1) is 5.53 Å². The maximum absolute atomic E-state index is 7.38. The molecule has 0 spiro atoms. The van der Waals surface area contributed by atoms with E-state index >= 15 is 0 Å². The number of nitrogens with two attached hydrogens (primary N) is 1. The van der Waals surface area contributed by atoms with Crippen LogP contribution in [0.1, 0.15) is 0 Å². The topological polar surface area (TPSA) is 86.8 Å². The summed E-state index contributed by atoms with van der Waals surface area (Å²) >= 11 is 0. The predicted molar refractivity (Wildman–Crippen MR) is 16.5 cm³/mol. The van der Waals surface area contributed by atoms with Crippen LogP contribution in [-0.4, -0.2) is 0 Å². The van der Waals surface area contributed by atoms with Crippen molar-refractivity contribution in [2.45, 2.75) is 0 Å². The van der Waals surface area contributed by atoms with Gasteiger partial charge in [0, 0.05) is 16.5 Å². The minimum atomic E-state index is 0. The second-order valence-electron chi connectivity index (χ2n) is 0.319. The van der Waals surface area contributed by atoms with Crippen molar-refractivity contribution in [3.05, 3.63) is 10.4 Å². The van der Waals surface area contributed by atoms with Crippen molar-refractivity contribution in [1.29, 1.82) is 0 Å². The molecular formula is H3N5Ni. The van der Waals surface area contributed by atoms with Crippen LogP contribution in [-0.2, 0) is 16.5 Å². The van der Waals surface area contributed by atoms with E-state index in [9.17, 15) is 0 Å². The summed E-state index contributed by atoms with van der Waals surface area (Å²) in [6.07, 6.45) is 0. The van der Waals surface area contributed by atoms with E-state index in [1.807, 2.05) is 0 Å². The van der Waals surface area contributed by atoms with Gasteiger partial charge in [0.05, 0.1) is 0 Å². The van der Waals surface area contributed by atoms with Gasteiger partial charge in [-0.25, -0.2) is 0 Å². The van der Waals surface area contributed by atoms with Gasteiger partial charge in [-0.1, -0.05) is 0 Å². The number of hydrazine groups is 1. The molecule has 0 saturated carbocycles. The first-order valence-corrected chi connectivity index (χ1v) is 0.912. The number of nitrogens with one attached hydrogen (secondary N) is 1. The van der Waals surface area contributed by atoms with Crippen molar-refractivity contribution >= 4 is 0 Å². The molecule has 0 amide bonds. The minimum Gasteiger partial charge on any atom is -0.186 e. The average molecular weight is 132 g/mol. The summed E-state index contributed by atoms with van der Waals surface area (Å²) in [7, 11) is 0. The molecule has 0 unspecified atom stereocenters. The van der Waals surface area contributed by atoms with Crippen molar-refractivity contribution in [1.82, 2.24) is 5.53 Å². The van der Waals surface area contributed by atoms with E-state index in [-0.39, 0.29) is 16.5 Å².